The molecule has 21 heavy (non-hydrogen) atoms. The summed E-state index contributed by atoms with van der Waals surface area (Å²) in [6, 6.07) is 6.33. The predicted octanol–water partition coefficient (Wildman–Crippen LogP) is 1.80. The zero-order valence-corrected chi connectivity index (χ0v) is 17.0. The monoisotopic (exact) mass is 517 g/mol. The third-order valence-electron chi connectivity index (χ3n) is 1.79. The van der Waals surface area contributed by atoms with Gasteiger partial charge < -0.3 is 22.5 Å². The number of likely N-dealkylation sites (N-methyl/N-ethyl adjacent to an activating group) is 1. The maximum absolute atomic E-state index is 11.6. The number of alkyl halides is 1. The van der Waals surface area contributed by atoms with Gasteiger partial charge in [-0.15, -0.1) is 0 Å². The molecule has 0 spiro atoms. The second-order valence-corrected chi connectivity index (χ2v) is 4.76. The molecule has 0 aliphatic heterocycles. The molecule has 0 fully saturated rings. The minimum Gasteiger partial charge on any atom is -0.387 e. The predicted molar refractivity (Wildman–Crippen MR) is 79.6 cm³/mol. The molecule has 0 bridgehead atoms. The van der Waals surface area contributed by atoms with Crippen molar-refractivity contribution in [2.45, 2.75) is 19.5 Å². The minimum absolute atomic E-state index is 0. The molecular formula is C15H22FN3OU. The van der Waals surface area contributed by atoms with Crippen LogP contribution in [0.3, 0.4) is 0 Å². The van der Waals surface area contributed by atoms with Crippen molar-refractivity contribution in [2.75, 3.05) is 20.1 Å². The molecule has 1 aromatic rings. The molecule has 0 aliphatic carbocycles. The summed E-state index contributed by atoms with van der Waals surface area (Å²) in [5.74, 6) is 0.0820. The molecule has 0 aliphatic rings. The second-order valence-electron chi connectivity index (χ2n) is 4.76. The first kappa shape index (κ1) is 22.6. The van der Waals surface area contributed by atoms with Gasteiger partial charge in [-0.25, -0.2) is 0 Å². The van der Waals surface area contributed by atoms with Crippen LogP contribution >= 0.6 is 0 Å². The van der Waals surface area contributed by atoms with Gasteiger partial charge in [-0.1, -0.05) is 26.6 Å². The Bertz CT molecular complexity index is 413. The summed E-state index contributed by atoms with van der Waals surface area (Å²) < 4.78 is 11.6. The number of aromatic nitrogens is 1. The fraction of sp³-hybridized carbons (Fsp3) is 0.400. The number of ketones is 1. The van der Waals surface area contributed by atoms with E-state index in [4.69, 9.17) is 0 Å². The quantitative estimate of drug-likeness (QED) is 0.566. The van der Waals surface area contributed by atoms with Crippen LogP contribution in [-0.4, -0.2) is 36.6 Å². The van der Waals surface area contributed by atoms with Gasteiger partial charge in [0.15, 0.2) is 5.78 Å². The van der Waals surface area contributed by atoms with Gasteiger partial charge in [0.25, 0.3) is 0 Å². The third-order valence-corrected chi connectivity index (χ3v) is 1.79. The normalized spacial score (nSPS) is 9.76. The molecule has 6 heteroatoms. The van der Waals surface area contributed by atoms with E-state index in [1.54, 1.807) is 25.4 Å². The zero-order chi connectivity index (χ0) is 15.6. The molecule has 1 aromatic heterocycles. The van der Waals surface area contributed by atoms with Crippen LogP contribution in [0.2, 0.25) is 0 Å². The van der Waals surface area contributed by atoms with Gasteiger partial charge in [-0.05, 0) is 24.1 Å². The van der Waals surface area contributed by atoms with Gasteiger partial charge in [0, 0.05) is 0 Å². The van der Waals surface area contributed by atoms with Crippen LogP contribution in [-0.2, 0) is 4.79 Å². The van der Waals surface area contributed by atoms with Crippen LogP contribution in [0, 0.1) is 44.1 Å². The van der Waals surface area contributed by atoms with Gasteiger partial charge in [0.1, 0.15) is 0 Å². The van der Waals surface area contributed by atoms with E-state index in [2.05, 4.69) is 35.2 Å². The molecule has 2 N–H and O–H groups in total. The van der Waals surface area contributed by atoms with Crippen LogP contribution in [0.5, 0.6) is 0 Å². The van der Waals surface area contributed by atoms with E-state index in [1.165, 1.54) is 13.8 Å². The molecule has 0 aromatic carbocycles. The van der Waals surface area contributed by atoms with E-state index >= 15 is 0 Å². The first-order valence-corrected chi connectivity index (χ1v) is 6.20. The van der Waals surface area contributed by atoms with Crippen molar-refractivity contribution in [1.29, 1.82) is 0 Å². The Morgan fingerprint density at radius 2 is 2.10 bits per heavy atom. The number of hydrogen-bond acceptors (Lipinski definition) is 4. The number of rotatable bonds is 6. The summed E-state index contributed by atoms with van der Waals surface area (Å²) in [5.41, 5.74) is 0.0889. The molecule has 0 saturated carbocycles. The molecule has 1 rings (SSSR count). The van der Waals surface area contributed by atoms with Gasteiger partial charge >= 0.3 is 31.1 Å². The summed E-state index contributed by atoms with van der Waals surface area (Å²) >= 11 is 0. The van der Waals surface area contributed by atoms with Crippen molar-refractivity contribution in [3.63, 3.8) is 0 Å². The Balaban J connectivity index is 0. The first-order chi connectivity index (χ1) is 9.24. The molecular weight excluding hydrogens is 495 g/mol. The minimum atomic E-state index is -1.25. The van der Waals surface area contributed by atoms with E-state index in [9.17, 15) is 9.18 Å². The van der Waals surface area contributed by atoms with E-state index in [0.717, 1.165) is 0 Å². The molecule has 1 heterocycles. The van der Waals surface area contributed by atoms with Crippen LogP contribution < -0.4 is 10.6 Å². The van der Waals surface area contributed by atoms with E-state index in [1.807, 2.05) is 0 Å². The molecule has 4 nitrogen and oxygen atoms in total. The number of carbonyl (C=O) groups excluding carboxylic acids is 1. The molecule has 0 saturated heterocycles. The van der Waals surface area contributed by atoms with Gasteiger partial charge in [-0.3, -0.25) is 9.18 Å². The van der Waals surface area contributed by atoms with Crippen molar-refractivity contribution in [2.24, 2.45) is 0 Å². The Hall–Kier alpha value is -0.698. The first-order valence-electron chi connectivity index (χ1n) is 6.20. The number of pyridine rings is 1. The van der Waals surface area contributed by atoms with Gasteiger partial charge in [0.2, 0.25) is 0 Å². The molecule has 0 atom stereocenters. The average molecular weight is 517 g/mol. The van der Waals surface area contributed by atoms with Crippen molar-refractivity contribution < 1.29 is 40.3 Å². The topological polar surface area (TPSA) is 54.0 Å². The summed E-state index contributed by atoms with van der Waals surface area (Å²) in [6.45, 7) is 10.3. The molecule has 0 radical (unpaired) electrons. The third kappa shape index (κ3) is 15.5. The maximum Gasteiger partial charge on any atom is 2.00 e. The van der Waals surface area contributed by atoms with E-state index in [-0.39, 0.29) is 43.4 Å². The van der Waals surface area contributed by atoms with Crippen molar-refractivity contribution >= 4 is 11.5 Å². The van der Waals surface area contributed by atoms with Crippen LogP contribution in [0.4, 0.5) is 4.39 Å². The summed E-state index contributed by atoms with van der Waals surface area (Å²) in [6.07, 6.45) is 1.64. The van der Waals surface area contributed by atoms with Crippen LogP contribution in [0.25, 0.3) is 5.70 Å². The van der Waals surface area contributed by atoms with Crippen molar-refractivity contribution in [3.05, 3.63) is 43.6 Å². The fourth-order valence-corrected chi connectivity index (χ4v) is 1.05. The Labute approximate surface area is 150 Å². The molecule has 114 valence electrons. The Morgan fingerprint density at radius 3 is 2.52 bits per heavy atom. The molecule has 0 amide bonds. The second kappa shape index (κ2) is 11.9. The fourth-order valence-electron chi connectivity index (χ4n) is 1.05. The number of carbonyl (C=O) groups is 1. The number of Topliss-reactive ketones (excluding diaryl/α,β-unsaturated/α-hetero) is 1. The number of nitrogens with one attached hydrogen (secondary N) is 2. The largest absolute Gasteiger partial charge is 2.00 e. The van der Waals surface area contributed by atoms with E-state index < -0.39 is 5.67 Å². The standard InChI is InChI=1S/C11H14N3O.C4H8F.U/c1-9(11-5-3-4-6-13-11)14-8-10(15)7-12-2;1-4(2,3)5;/h4-6,12,14H,1,7-8H2,2H3;1H2,2-3H3;/q2*-1;+2. The zero-order valence-electron chi connectivity index (χ0n) is 12.8. The van der Waals surface area contributed by atoms with Gasteiger partial charge in [0.05, 0.1) is 13.1 Å². The average Bonchev–Trinajstić information content (AvgIpc) is 2.35. The van der Waals surface area contributed by atoms with E-state index in [0.29, 0.717) is 17.9 Å². The maximum atomic E-state index is 11.6. The Morgan fingerprint density at radius 1 is 1.52 bits per heavy atom. The van der Waals surface area contributed by atoms with Crippen molar-refractivity contribution in [1.82, 2.24) is 15.6 Å². The molecule has 0 unspecified atom stereocenters. The van der Waals surface area contributed by atoms with Crippen LogP contribution in [0.15, 0.2) is 24.9 Å². The number of nitrogens with zero attached hydrogens (tertiary/aromatic N) is 1. The summed E-state index contributed by atoms with van der Waals surface area (Å²) in [4.78, 5) is 15.3. The van der Waals surface area contributed by atoms with Crippen LogP contribution in [0.1, 0.15) is 19.5 Å². The smallest absolute Gasteiger partial charge is 0.387 e. The Kier molecular flexibility index (Phi) is 12.8. The van der Waals surface area contributed by atoms with Gasteiger partial charge in [-0.2, -0.15) is 18.2 Å². The number of hydrogen-bond donors (Lipinski definition) is 2. The summed E-state index contributed by atoms with van der Waals surface area (Å²) in [5, 5.41) is 5.71. The number of halogens is 1. The summed E-state index contributed by atoms with van der Waals surface area (Å²) in [7, 11) is 1.74. The SMILES string of the molecule is C=C(NCC(=O)CNC)c1c[c-]ccn1.[CH2-]C(C)(C)F.[U+2]. The van der Waals surface area contributed by atoms with Crippen molar-refractivity contribution in [3.8, 4) is 0 Å².